The van der Waals surface area contributed by atoms with Crippen molar-refractivity contribution in [1.29, 1.82) is 0 Å². The third-order valence-electron chi connectivity index (χ3n) is 2.04. The molecular formula is C11H12BrF2NO3. The highest BCUT2D eigenvalue weighted by atomic mass is 79.9. The maximum atomic E-state index is 12.2. The van der Waals surface area contributed by atoms with Crippen LogP contribution in [-0.4, -0.2) is 19.2 Å². The molecule has 0 aliphatic carbocycles. The van der Waals surface area contributed by atoms with E-state index in [1.807, 2.05) is 0 Å². The Morgan fingerprint density at radius 2 is 2.17 bits per heavy atom. The molecular weight excluding hydrogens is 312 g/mol. The molecule has 0 radical (unpaired) electrons. The Kier molecular flexibility index (Phi) is 5.33. The molecule has 0 heterocycles. The number of carbonyl (C=O) groups excluding carboxylic acids is 1. The Hall–Kier alpha value is -1.37. The van der Waals surface area contributed by atoms with Crippen molar-refractivity contribution in [3.05, 3.63) is 22.2 Å². The molecule has 0 fully saturated rings. The molecule has 0 saturated heterocycles. The van der Waals surface area contributed by atoms with Crippen molar-refractivity contribution in [2.45, 2.75) is 20.0 Å². The Labute approximate surface area is 111 Å². The van der Waals surface area contributed by atoms with E-state index >= 15 is 0 Å². The number of nitrogens with two attached hydrogens (primary N) is 1. The first-order valence-corrected chi connectivity index (χ1v) is 5.91. The normalized spacial score (nSPS) is 10.5. The number of hydrogen-bond acceptors (Lipinski definition) is 4. The molecule has 18 heavy (non-hydrogen) atoms. The van der Waals surface area contributed by atoms with Gasteiger partial charge in [0.25, 0.3) is 0 Å². The number of benzene rings is 1. The van der Waals surface area contributed by atoms with Crippen LogP contribution in [0.3, 0.4) is 0 Å². The predicted molar refractivity (Wildman–Crippen MR) is 65.5 cm³/mol. The van der Waals surface area contributed by atoms with Gasteiger partial charge in [-0.3, -0.25) is 4.79 Å². The van der Waals surface area contributed by atoms with Crippen molar-refractivity contribution in [2.75, 3.05) is 12.3 Å². The molecule has 0 atom stereocenters. The van der Waals surface area contributed by atoms with Crippen LogP contribution >= 0.6 is 15.9 Å². The van der Waals surface area contributed by atoms with Crippen LogP contribution in [0.5, 0.6) is 5.75 Å². The number of anilines is 1. The van der Waals surface area contributed by atoms with Crippen molar-refractivity contribution in [3.8, 4) is 5.75 Å². The van der Waals surface area contributed by atoms with Gasteiger partial charge in [-0.05, 0) is 35.0 Å². The fourth-order valence-electron chi connectivity index (χ4n) is 1.33. The standard InChI is InChI=1S/C11H12BrF2NO3/c1-2-17-10(16)4-6-3-8(15)7(12)5-9(6)18-11(13)14/h3,5,11H,2,4,15H2,1H3. The molecule has 100 valence electrons. The average molecular weight is 324 g/mol. The van der Waals surface area contributed by atoms with Gasteiger partial charge in [0.1, 0.15) is 5.75 Å². The van der Waals surface area contributed by atoms with Gasteiger partial charge in [0.05, 0.1) is 13.0 Å². The van der Waals surface area contributed by atoms with E-state index in [0.717, 1.165) is 0 Å². The van der Waals surface area contributed by atoms with Crippen LogP contribution in [0, 0.1) is 0 Å². The first kappa shape index (κ1) is 14.7. The third-order valence-corrected chi connectivity index (χ3v) is 2.72. The molecule has 2 N–H and O–H groups in total. The van der Waals surface area contributed by atoms with Gasteiger partial charge in [0.2, 0.25) is 0 Å². The van der Waals surface area contributed by atoms with Crippen LogP contribution in [0.25, 0.3) is 0 Å². The second kappa shape index (κ2) is 6.53. The van der Waals surface area contributed by atoms with Crippen LogP contribution in [-0.2, 0) is 16.0 Å². The molecule has 4 nitrogen and oxygen atoms in total. The molecule has 0 saturated carbocycles. The summed E-state index contributed by atoms with van der Waals surface area (Å²) in [5.74, 6) is -0.627. The molecule has 0 aromatic heterocycles. The van der Waals surface area contributed by atoms with Gasteiger partial charge in [-0.25, -0.2) is 0 Å². The summed E-state index contributed by atoms with van der Waals surface area (Å²) < 4.78 is 34.0. The van der Waals surface area contributed by atoms with Gasteiger partial charge in [0.15, 0.2) is 0 Å². The number of halogens is 3. The highest BCUT2D eigenvalue weighted by molar-refractivity contribution is 9.10. The predicted octanol–water partition coefficient (Wildman–Crippen LogP) is 2.74. The number of ether oxygens (including phenoxy) is 2. The maximum absolute atomic E-state index is 12.2. The number of hydrogen-bond donors (Lipinski definition) is 1. The lowest BCUT2D eigenvalue weighted by atomic mass is 10.1. The molecule has 1 rings (SSSR count). The van der Waals surface area contributed by atoms with Crippen LogP contribution in [0.15, 0.2) is 16.6 Å². The summed E-state index contributed by atoms with van der Waals surface area (Å²) in [6.07, 6.45) is -0.173. The minimum Gasteiger partial charge on any atom is -0.466 e. The van der Waals surface area contributed by atoms with Gasteiger partial charge in [-0.15, -0.1) is 0 Å². The lowest BCUT2D eigenvalue weighted by Gasteiger charge is -2.12. The van der Waals surface area contributed by atoms with Crippen LogP contribution in [0.2, 0.25) is 0 Å². The Morgan fingerprint density at radius 1 is 1.50 bits per heavy atom. The molecule has 0 amide bonds. The van der Waals surface area contributed by atoms with Gasteiger partial charge < -0.3 is 15.2 Å². The summed E-state index contributed by atoms with van der Waals surface area (Å²) in [6.45, 7) is -1.10. The fourth-order valence-corrected chi connectivity index (χ4v) is 1.65. The minimum atomic E-state index is -2.97. The molecule has 0 bridgehead atoms. The van der Waals surface area contributed by atoms with E-state index in [9.17, 15) is 13.6 Å². The Balaban J connectivity index is 2.99. The van der Waals surface area contributed by atoms with Crippen LogP contribution < -0.4 is 10.5 Å². The largest absolute Gasteiger partial charge is 0.466 e. The van der Waals surface area contributed by atoms with Crippen molar-refractivity contribution in [2.24, 2.45) is 0 Å². The number of nitrogen functional groups attached to an aromatic ring is 1. The molecule has 0 unspecified atom stereocenters. The Bertz CT molecular complexity index is 441. The second-order valence-corrected chi connectivity index (χ2v) is 4.20. The topological polar surface area (TPSA) is 61.5 Å². The van der Waals surface area contributed by atoms with E-state index in [2.05, 4.69) is 20.7 Å². The van der Waals surface area contributed by atoms with Crippen molar-refractivity contribution >= 4 is 27.6 Å². The molecule has 0 aliphatic heterocycles. The number of carbonyl (C=O) groups is 1. The number of alkyl halides is 2. The summed E-state index contributed by atoms with van der Waals surface area (Å²) in [4.78, 5) is 11.3. The monoisotopic (exact) mass is 323 g/mol. The summed E-state index contributed by atoms with van der Waals surface area (Å²) >= 11 is 3.10. The molecule has 7 heteroatoms. The zero-order valence-corrected chi connectivity index (χ0v) is 11.2. The average Bonchev–Trinajstić information content (AvgIpc) is 2.25. The van der Waals surface area contributed by atoms with Crippen molar-refractivity contribution < 1.29 is 23.0 Å². The highest BCUT2D eigenvalue weighted by Gasteiger charge is 2.15. The molecule has 0 aliphatic rings. The summed E-state index contributed by atoms with van der Waals surface area (Å²) in [5.41, 5.74) is 6.22. The van der Waals surface area contributed by atoms with Crippen molar-refractivity contribution in [1.82, 2.24) is 0 Å². The van der Waals surface area contributed by atoms with E-state index < -0.39 is 12.6 Å². The van der Waals surface area contributed by atoms with E-state index in [1.54, 1.807) is 6.92 Å². The summed E-state index contributed by atoms with van der Waals surface area (Å²) in [7, 11) is 0. The lowest BCUT2D eigenvalue weighted by molar-refractivity contribution is -0.142. The SMILES string of the molecule is CCOC(=O)Cc1cc(N)c(Br)cc1OC(F)F. The molecule has 1 aromatic carbocycles. The van der Waals surface area contributed by atoms with Gasteiger partial charge in [0, 0.05) is 15.7 Å². The quantitative estimate of drug-likeness (QED) is 0.668. The van der Waals surface area contributed by atoms with Gasteiger partial charge >= 0.3 is 12.6 Å². The van der Waals surface area contributed by atoms with E-state index in [0.29, 0.717) is 10.2 Å². The van der Waals surface area contributed by atoms with Crippen LogP contribution in [0.4, 0.5) is 14.5 Å². The first-order chi connectivity index (χ1) is 8.43. The first-order valence-electron chi connectivity index (χ1n) is 5.12. The smallest absolute Gasteiger partial charge is 0.387 e. The minimum absolute atomic E-state index is 0.0980. The zero-order chi connectivity index (χ0) is 13.7. The second-order valence-electron chi connectivity index (χ2n) is 3.34. The maximum Gasteiger partial charge on any atom is 0.387 e. The third kappa shape index (κ3) is 4.14. The van der Waals surface area contributed by atoms with E-state index in [-0.39, 0.29) is 24.3 Å². The number of rotatable bonds is 5. The van der Waals surface area contributed by atoms with Gasteiger partial charge in [-0.2, -0.15) is 8.78 Å². The zero-order valence-electron chi connectivity index (χ0n) is 9.58. The van der Waals surface area contributed by atoms with Crippen LogP contribution in [0.1, 0.15) is 12.5 Å². The highest BCUT2D eigenvalue weighted by Crippen LogP contribution is 2.31. The summed E-state index contributed by atoms with van der Waals surface area (Å²) in [5, 5.41) is 0. The summed E-state index contributed by atoms with van der Waals surface area (Å²) in [6, 6.07) is 2.70. The fraction of sp³-hybridized carbons (Fsp3) is 0.364. The Morgan fingerprint density at radius 3 is 2.72 bits per heavy atom. The van der Waals surface area contributed by atoms with E-state index in [4.69, 9.17) is 10.5 Å². The lowest BCUT2D eigenvalue weighted by Crippen LogP contribution is -2.11. The molecule has 1 aromatic rings. The number of esters is 1. The van der Waals surface area contributed by atoms with Crippen molar-refractivity contribution in [3.63, 3.8) is 0 Å². The molecule has 0 spiro atoms. The van der Waals surface area contributed by atoms with E-state index in [1.165, 1.54) is 12.1 Å². The van der Waals surface area contributed by atoms with Gasteiger partial charge in [-0.1, -0.05) is 0 Å².